The zero-order valence-electron chi connectivity index (χ0n) is 20.2. The number of benzene rings is 1. The van der Waals surface area contributed by atoms with Crippen LogP contribution in [0.1, 0.15) is 28.3 Å². The van der Waals surface area contributed by atoms with Gasteiger partial charge < -0.3 is 23.5 Å². The van der Waals surface area contributed by atoms with E-state index in [1.54, 1.807) is 37.6 Å². The summed E-state index contributed by atoms with van der Waals surface area (Å²) < 4.78 is 50.2. The number of hydrogen-bond acceptors (Lipinski definition) is 7. The maximum Gasteiger partial charge on any atom is 0.212 e. The highest BCUT2D eigenvalue weighted by atomic mass is 16.6. The van der Waals surface area contributed by atoms with Gasteiger partial charge in [0.15, 0.2) is 23.3 Å². The van der Waals surface area contributed by atoms with Crippen LogP contribution >= 0.6 is 0 Å². The van der Waals surface area contributed by atoms with Crippen molar-refractivity contribution < 1.29 is 23.1 Å². The molecule has 3 aromatic heterocycles. The Hall–Kier alpha value is -3.81. The van der Waals surface area contributed by atoms with Gasteiger partial charge in [0.05, 0.1) is 29.8 Å². The van der Waals surface area contributed by atoms with Gasteiger partial charge in [0, 0.05) is 24.0 Å². The fourth-order valence-corrected chi connectivity index (χ4v) is 3.51. The number of imidazole rings is 1. The lowest BCUT2D eigenvalue weighted by molar-refractivity contribution is 0.0277. The van der Waals surface area contributed by atoms with Gasteiger partial charge in [0.25, 0.3) is 0 Å². The van der Waals surface area contributed by atoms with Gasteiger partial charge in [-0.15, -0.1) is 0 Å². The summed E-state index contributed by atoms with van der Waals surface area (Å²) in [7, 11) is 3.03. The van der Waals surface area contributed by atoms with Crippen molar-refractivity contribution in [3.8, 4) is 23.1 Å². The molecule has 158 valence electrons. The topological polar surface area (TPSA) is 80.5 Å². The van der Waals surface area contributed by atoms with Crippen LogP contribution in [0.5, 0.6) is 23.1 Å². The van der Waals surface area contributed by atoms with E-state index in [1.807, 2.05) is 13.0 Å². The minimum absolute atomic E-state index is 0.210. The van der Waals surface area contributed by atoms with Gasteiger partial charge in [-0.1, -0.05) is 0 Å². The number of methoxy groups -OCH3 is 2. The Kier molecular flexibility index (Phi) is 4.01. The van der Waals surface area contributed by atoms with Gasteiger partial charge in [0.1, 0.15) is 13.0 Å². The molecule has 0 saturated carbocycles. The van der Waals surface area contributed by atoms with E-state index in [4.69, 9.17) is 23.1 Å². The van der Waals surface area contributed by atoms with Gasteiger partial charge in [-0.25, -0.2) is 15.0 Å². The molecule has 0 N–H and O–H groups in total. The lowest BCUT2D eigenvalue weighted by Crippen LogP contribution is -2.31. The van der Waals surface area contributed by atoms with Crippen LogP contribution in [0.3, 0.4) is 0 Å². The second-order valence-electron chi connectivity index (χ2n) is 7.01. The minimum Gasteiger partial charge on any atom is -0.493 e. The molecule has 0 aliphatic carbocycles. The van der Waals surface area contributed by atoms with E-state index in [0.717, 1.165) is 10.1 Å². The molecule has 31 heavy (non-hydrogen) atoms. The molecular weight excluding hydrogens is 396 g/mol. The van der Waals surface area contributed by atoms with E-state index in [1.165, 1.54) is 19.4 Å². The fraction of sp³-hybridized carbons (Fsp3) is 0.261. The van der Waals surface area contributed by atoms with Gasteiger partial charge in [-0.2, -0.15) is 0 Å². The van der Waals surface area contributed by atoms with Crippen LogP contribution in [-0.2, 0) is 6.50 Å². The van der Waals surface area contributed by atoms with Crippen LogP contribution in [-0.4, -0.2) is 39.8 Å². The molecule has 0 fully saturated rings. The lowest BCUT2D eigenvalue weighted by Gasteiger charge is -2.33. The van der Waals surface area contributed by atoms with Crippen molar-refractivity contribution >= 4 is 11.2 Å². The largest absolute Gasteiger partial charge is 0.493 e. The molecule has 5 rings (SSSR count). The van der Waals surface area contributed by atoms with Crippen LogP contribution < -0.4 is 18.9 Å². The standard InChI is InChI=1S/C23H22N4O4/c1-14-21(16-6-7-20(29-3)25-11-16)31-22-18(28-2)9-15(10-19(22)30-14)12-27-13-26-17-5-4-8-24-23(17)27/h4-11,13-14,21H,12H2,1-3H3/t14-,21+/m0/s1/i12D2,13D. The summed E-state index contributed by atoms with van der Waals surface area (Å²) in [4.78, 5) is 12.6. The molecule has 0 spiro atoms. The molecule has 0 saturated heterocycles. The van der Waals surface area contributed by atoms with Gasteiger partial charge >= 0.3 is 0 Å². The van der Waals surface area contributed by atoms with Crippen LogP contribution in [0, 0.1) is 0 Å². The highest BCUT2D eigenvalue weighted by Gasteiger charge is 2.32. The normalized spacial score (nSPS) is 19.4. The van der Waals surface area contributed by atoms with E-state index in [-0.39, 0.29) is 17.5 Å². The summed E-state index contributed by atoms with van der Waals surface area (Å²) in [5, 5.41) is 0. The second-order valence-corrected chi connectivity index (χ2v) is 7.01. The Balaban J connectivity index is 1.56. The molecule has 4 aromatic rings. The smallest absolute Gasteiger partial charge is 0.212 e. The Morgan fingerprint density at radius 3 is 2.81 bits per heavy atom. The number of aromatic nitrogens is 4. The number of nitrogens with zero attached hydrogens (tertiary/aromatic N) is 4. The van der Waals surface area contributed by atoms with Crippen LogP contribution in [0.15, 0.2) is 55.1 Å². The van der Waals surface area contributed by atoms with Crippen LogP contribution in [0.4, 0.5) is 0 Å². The molecule has 4 heterocycles. The first kappa shape index (κ1) is 16.0. The molecular formula is C23H22N4O4. The predicted octanol–water partition coefficient (Wildman–Crippen LogP) is 3.79. The summed E-state index contributed by atoms with van der Waals surface area (Å²) in [6.45, 7) is -0.299. The van der Waals surface area contributed by atoms with Crippen LogP contribution in [0.25, 0.3) is 11.2 Å². The number of hydrogen-bond donors (Lipinski definition) is 0. The first-order valence-electron chi connectivity index (χ1n) is 11.2. The third-order valence-corrected chi connectivity index (χ3v) is 5.01. The Morgan fingerprint density at radius 1 is 1.13 bits per heavy atom. The summed E-state index contributed by atoms with van der Waals surface area (Å²) >= 11 is 0. The molecule has 8 heteroatoms. The summed E-state index contributed by atoms with van der Waals surface area (Å²) in [5.74, 6) is 1.50. The highest BCUT2D eigenvalue weighted by molar-refractivity contribution is 5.70. The average molecular weight is 421 g/mol. The molecule has 0 unspecified atom stereocenters. The Labute approximate surface area is 183 Å². The number of rotatable bonds is 5. The molecule has 0 amide bonds. The minimum atomic E-state index is -2.16. The van der Waals surface area contributed by atoms with E-state index in [9.17, 15) is 0 Å². The maximum atomic E-state index is 8.86. The molecule has 1 aromatic carbocycles. The van der Waals surface area contributed by atoms with Crippen LogP contribution in [0.2, 0.25) is 0 Å². The Bertz CT molecular complexity index is 1360. The zero-order chi connectivity index (χ0) is 24.0. The number of ether oxygens (including phenoxy) is 4. The molecule has 1 aliphatic rings. The summed E-state index contributed by atoms with van der Waals surface area (Å²) in [6.07, 6.45) is 2.12. The monoisotopic (exact) mass is 421 g/mol. The molecule has 8 nitrogen and oxygen atoms in total. The third kappa shape index (κ3) is 3.50. The fourth-order valence-electron chi connectivity index (χ4n) is 3.51. The highest BCUT2D eigenvalue weighted by Crippen LogP contribution is 2.46. The zero-order valence-corrected chi connectivity index (χ0v) is 17.2. The SMILES string of the molecule is [2H]c1nc2cccnc2n1C([2H])([2H])c1cc(OC)c2c(c1)O[C@@H](C)[C@H](c1ccc(OC)nc1)O2. The third-order valence-electron chi connectivity index (χ3n) is 5.01. The summed E-state index contributed by atoms with van der Waals surface area (Å²) in [5.41, 5.74) is 1.72. The quantitative estimate of drug-likeness (QED) is 0.485. The van der Waals surface area contributed by atoms with Crippen molar-refractivity contribution in [1.82, 2.24) is 19.5 Å². The molecule has 0 radical (unpaired) electrons. The first-order valence-corrected chi connectivity index (χ1v) is 9.69. The average Bonchev–Trinajstić information content (AvgIpc) is 3.19. The molecule has 0 bridgehead atoms. The van der Waals surface area contributed by atoms with E-state index < -0.39 is 18.7 Å². The van der Waals surface area contributed by atoms with Gasteiger partial charge in [-0.05, 0) is 42.8 Å². The van der Waals surface area contributed by atoms with Gasteiger partial charge in [0.2, 0.25) is 11.6 Å². The van der Waals surface area contributed by atoms with Crippen molar-refractivity contribution in [2.75, 3.05) is 14.2 Å². The van der Waals surface area contributed by atoms with E-state index >= 15 is 0 Å². The number of fused-ring (bicyclic) bond motifs is 2. The molecule has 2 atom stereocenters. The Morgan fingerprint density at radius 2 is 2.03 bits per heavy atom. The lowest BCUT2D eigenvalue weighted by atomic mass is 10.0. The first-order chi connectivity index (χ1) is 16.3. The van der Waals surface area contributed by atoms with Crippen molar-refractivity contribution in [1.29, 1.82) is 0 Å². The maximum absolute atomic E-state index is 8.86. The van der Waals surface area contributed by atoms with Crippen molar-refractivity contribution in [3.63, 3.8) is 0 Å². The van der Waals surface area contributed by atoms with Gasteiger partial charge in [-0.3, -0.25) is 0 Å². The van der Waals surface area contributed by atoms with Crippen molar-refractivity contribution in [2.24, 2.45) is 0 Å². The summed E-state index contributed by atoms with van der Waals surface area (Å²) in [6, 6.07) is 10.1. The predicted molar refractivity (Wildman–Crippen MR) is 114 cm³/mol. The van der Waals surface area contributed by atoms with Crippen molar-refractivity contribution in [2.45, 2.75) is 25.6 Å². The number of pyridine rings is 2. The van der Waals surface area contributed by atoms with Crippen molar-refractivity contribution in [3.05, 3.63) is 66.2 Å². The second kappa shape index (κ2) is 7.79. The molecule has 1 aliphatic heterocycles. The van der Waals surface area contributed by atoms with E-state index in [2.05, 4.69) is 15.0 Å². The van der Waals surface area contributed by atoms with E-state index in [0.29, 0.717) is 28.6 Å².